The lowest BCUT2D eigenvalue weighted by Crippen LogP contribution is -2.30. The van der Waals surface area contributed by atoms with Crippen molar-refractivity contribution in [1.82, 2.24) is 0 Å². The zero-order valence-electron chi connectivity index (χ0n) is 40.1. The van der Waals surface area contributed by atoms with E-state index < -0.39 is 6.10 Å². The van der Waals surface area contributed by atoms with Gasteiger partial charge in [0.1, 0.15) is 13.2 Å². The first kappa shape index (κ1) is 58.3. The summed E-state index contributed by atoms with van der Waals surface area (Å²) in [7, 11) is 0. The fraction of sp³-hybridized carbons (Fsp3) is 0.661. The first-order chi connectivity index (χ1) is 30.5. The van der Waals surface area contributed by atoms with Gasteiger partial charge in [0.15, 0.2) is 6.10 Å². The summed E-state index contributed by atoms with van der Waals surface area (Å²) in [4.78, 5) is 37.9. The average molecular weight is 861 g/mol. The Bertz CT molecular complexity index is 1260. The van der Waals surface area contributed by atoms with Gasteiger partial charge in [0.05, 0.1) is 0 Å². The summed E-state index contributed by atoms with van der Waals surface area (Å²) in [6.45, 7) is 6.37. The molecule has 0 saturated carbocycles. The van der Waals surface area contributed by atoms with Gasteiger partial charge >= 0.3 is 17.9 Å². The minimum Gasteiger partial charge on any atom is -0.462 e. The first-order valence-corrected chi connectivity index (χ1v) is 25.3. The van der Waals surface area contributed by atoms with E-state index in [-0.39, 0.29) is 31.1 Å². The molecule has 0 amide bonds. The van der Waals surface area contributed by atoms with Crippen LogP contribution >= 0.6 is 0 Å². The van der Waals surface area contributed by atoms with Crippen LogP contribution in [0.4, 0.5) is 0 Å². The molecule has 352 valence electrons. The number of ether oxygens (including phenoxy) is 3. The van der Waals surface area contributed by atoms with Crippen molar-refractivity contribution >= 4 is 17.9 Å². The van der Waals surface area contributed by atoms with Gasteiger partial charge in [-0.25, -0.2) is 0 Å². The molecule has 0 aromatic rings. The number of rotatable bonds is 44. The van der Waals surface area contributed by atoms with Gasteiger partial charge in [-0.3, -0.25) is 14.4 Å². The highest BCUT2D eigenvalue weighted by Gasteiger charge is 2.19. The number of carbonyl (C=O) groups excluding carboxylic acids is 3. The standard InChI is InChI=1S/C56H92O6/c1-4-7-10-13-16-19-22-24-26-27-28-30-31-34-37-40-43-46-49-55(58)61-52-53(51-60-54(57)48-45-42-39-36-33-21-18-15-12-9-6-3)62-56(59)50-47-44-41-38-35-32-29-25-23-20-17-14-11-8-5-2/h8,11,14-15,17-18,20-24,26-28,30,33,53H,4-7,9-10,12-13,16,19,25,29,31-32,34-52H2,1-3H3/b11-8-,17-14-,18-15-,23-20-,24-22-,27-26-,30-28-,33-21-. The van der Waals surface area contributed by atoms with Gasteiger partial charge in [-0.05, 0) is 83.5 Å². The molecule has 0 fully saturated rings. The van der Waals surface area contributed by atoms with E-state index in [1.807, 2.05) is 0 Å². The second-order valence-electron chi connectivity index (χ2n) is 16.5. The summed E-state index contributed by atoms with van der Waals surface area (Å²) in [6.07, 6.45) is 65.3. The van der Waals surface area contributed by atoms with Crippen LogP contribution in [0.15, 0.2) is 97.2 Å². The van der Waals surface area contributed by atoms with Crippen molar-refractivity contribution in [3.63, 3.8) is 0 Å². The van der Waals surface area contributed by atoms with E-state index in [4.69, 9.17) is 14.2 Å². The smallest absolute Gasteiger partial charge is 0.306 e. The molecule has 0 rings (SSSR count). The average Bonchev–Trinajstić information content (AvgIpc) is 3.27. The van der Waals surface area contributed by atoms with Crippen LogP contribution in [-0.2, 0) is 28.6 Å². The minimum atomic E-state index is -0.803. The summed E-state index contributed by atoms with van der Waals surface area (Å²) in [6, 6.07) is 0. The van der Waals surface area contributed by atoms with Crippen LogP contribution in [0, 0.1) is 0 Å². The lowest BCUT2D eigenvalue weighted by molar-refractivity contribution is -0.167. The quantitative estimate of drug-likeness (QED) is 0.0263. The van der Waals surface area contributed by atoms with E-state index in [0.29, 0.717) is 19.3 Å². The van der Waals surface area contributed by atoms with Gasteiger partial charge < -0.3 is 14.2 Å². The first-order valence-electron chi connectivity index (χ1n) is 25.3. The van der Waals surface area contributed by atoms with Crippen LogP contribution in [0.5, 0.6) is 0 Å². The number of allylic oxidation sites excluding steroid dienone is 16. The lowest BCUT2D eigenvalue weighted by atomic mass is 10.1. The number of hydrogen-bond acceptors (Lipinski definition) is 6. The molecule has 0 aliphatic rings. The predicted octanol–water partition coefficient (Wildman–Crippen LogP) is 16.6. The Kier molecular flexibility index (Phi) is 47.0. The molecule has 0 bridgehead atoms. The molecule has 0 radical (unpaired) electrons. The number of esters is 3. The Morgan fingerprint density at radius 2 is 0.645 bits per heavy atom. The highest BCUT2D eigenvalue weighted by atomic mass is 16.6. The summed E-state index contributed by atoms with van der Waals surface area (Å²) < 4.78 is 16.7. The van der Waals surface area contributed by atoms with Gasteiger partial charge in [0.25, 0.3) is 0 Å². The van der Waals surface area contributed by atoms with Crippen LogP contribution < -0.4 is 0 Å². The molecule has 62 heavy (non-hydrogen) atoms. The molecule has 1 atom stereocenters. The van der Waals surface area contributed by atoms with Crippen LogP contribution in [0.2, 0.25) is 0 Å². The maximum absolute atomic E-state index is 12.8. The van der Waals surface area contributed by atoms with Crippen LogP contribution in [0.1, 0.15) is 220 Å². The molecule has 0 aliphatic heterocycles. The summed E-state index contributed by atoms with van der Waals surface area (Å²) in [5, 5.41) is 0. The fourth-order valence-corrected chi connectivity index (χ4v) is 6.60. The molecule has 0 aromatic carbocycles. The van der Waals surface area contributed by atoms with Crippen molar-refractivity contribution in [2.75, 3.05) is 13.2 Å². The second-order valence-corrected chi connectivity index (χ2v) is 16.5. The van der Waals surface area contributed by atoms with Crippen LogP contribution in [0.3, 0.4) is 0 Å². The molecule has 6 heteroatoms. The molecule has 0 spiro atoms. The molecule has 0 N–H and O–H groups in total. The van der Waals surface area contributed by atoms with Gasteiger partial charge in [0, 0.05) is 19.3 Å². The normalized spacial score (nSPS) is 12.9. The predicted molar refractivity (Wildman–Crippen MR) is 265 cm³/mol. The van der Waals surface area contributed by atoms with E-state index in [0.717, 1.165) is 116 Å². The van der Waals surface area contributed by atoms with E-state index >= 15 is 0 Å². The lowest BCUT2D eigenvalue weighted by Gasteiger charge is -2.18. The van der Waals surface area contributed by atoms with Gasteiger partial charge in [-0.2, -0.15) is 0 Å². The van der Waals surface area contributed by atoms with Crippen molar-refractivity contribution in [3.05, 3.63) is 97.2 Å². The zero-order chi connectivity index (χ0) is 45.1. The van der Waals surface area contributed by atoms with Crippen molar-refractivity contribution in [1.29, 1.82) is 0 Å². The van der Waals surface area contributed by atoms with Gasteiger partial charge in [-0.1, -0.05) is 214 Å². The van der Waals surface area contributed by atoms with Gasteiger partial charge in [0.2, 0.25) is 0 Å². The Morgan fingerprint density at radius 3 is 1.05 bits per heavy atom. The Balaban J connectivity index is 4.46. The highest BCUT2D eigenvalue weighted by molar-refractivity contribution is 5.71. The second kappa shape index (κ2) is 50.0. The topological polar surface area (TPSA) is 78.9 Å². The van der Waals surface area contributed by atoms with Crippen LogP contribution in [0.25, 0.3) is 0 Å². The third kappa shape index (κ3) is 47.4. The summed E-state index contributed by atoms with van der Waals surface area (Å²) in [5.41, 5.74) is 0. The van der Waals surface area contributed by atoms with E-state index in [1.54, 1.807) is 0 Å². The van der Waals surface area contributed by atoms with E-state index in [9.17, 15) is 14.4 Å². The highest BCUT2D eigenvalue weighted by Crippen LogP contribution is 2.13. The molecule has 0 heterocycles. The SMILES string of the molecule is CC\C=C/C=C\C=C/CCCCCCCCCC(=O)OC(COC(=O)CCCCC/C=C\C=C/CCCC)COC(=O)CCCCCCC\C=C/C=C\C=C/CCCCCCC. The van der Waals surface area contributed by atoms with Gasteiger partial charge in [-0.15, -0.1) is 0 Å². The van der Waals surface area contributed by atoms with Crippen molar-refractivity contribution in [2.45, 2.75) is 226 Å². The van der Waals surface area contributed by atoms with Crippen molar-refractivity contribution < 1.29 is 28.6 Å². The molecule has 1 unspecified atom stereocenters. The van der Waals surface area contributed by atoms with E-state index in [1.165, 1.54) is 64.2 Å². The van der Waals surface area contributed by atoms with Crippen molar-refractivity contribution in [2.24, 2.45) is 0 Å². The number of unbranched alkanes of at least 4 members (excludes halogenated alkanes) is 22. The third-order valence-electron chi connectivity index (χ3n) is 10.4. The Labute approximate surface area is 381 Å². The monoisotopic (exact) mass is 861 g/mol. The van der Waals surface area contributed by atoms with Crippen LogP contribution in [-0.4, -0.2) is 37.2 Å². The third-order valence-corrected chi connectivity index (χ3v) is 10.4. The minimum absolute atomic E-state index is 0.103. The number of carbonyl (C=O) groups is 3. The van der Waals surface area contributed by atoms with E-state index in [2.05, 4.69) is 118 Å². The van der Waals surface area contributed by atoms with Crippen molar-refractivity contribution in [3.8, 4) is 0 Å². The zero-order valence-corrected chi connectivity index (χ0v) is 40.1. The Hall–Kier alpha value is -3.67. The number of hydrogen-bond donors (Lipinski definition) is 0. The molecule has 6 nitrogen and oxygen atoms in total. The largest absolute Gasteiger partial charge is 0.462 e. The fourth-order valence-electron chi connectivity index (χ4n) is 6.60. The maximum atomic E-state index is 12.8. The molecule has 0 aliphatic carbocycles. The maximum Gasteiger partial charge on any atom is 0.306 e. The Morgan fingerprint density at radius 1 is 0.339 bits per heavy atom. The summed E-state index contributed by atoms with van der Waals surface area (Å²) >= 11 is 0. The molecular weight excluding hydrogens is 769 g/mol. The summed E-state index contributed by atoms with van der Waals surface area (Å²) in [5.74, 6) is -0.967. The molecule has 0 saturated heterocycles. The molecular formula is C56H92O6. The molecule has 0 aromatic heterocycles.